The average Bonchev–Trinajstić information content (AvgIpc) is 2.98. The lowest BCUT2D eigenvalue weighted by Crippen LogP contribution is -2.02. The fourth-order valence-corrected chi connectivity index (χ4v) is 3.28. The maximum absolute atomic E-state index is 13.1. The van der Waals surface area contributed by atoms with Crippen LogP contribution in [0.1, 0.15) is 22.4 Å². The fraction of sp³-hybridized carbons (Fsp3) is 0.136. The number of hydrogen-bond donors (Lipinski definition) is 2. The molecule has 3 nitrogen and oxygen atoms in total. The first kappa shape index (κ1) is 18.9. The summed E-state index contributed by atoms with van der Waals surface area (Å²) in [5, 5.41) is 4.53. The number of rotatable bonds is 5. The van der Waals surface area contributed by atoms with Crippen LogP contribution in [0, 0.1) is 12.7 Å². The van der Waals surface area contributed by atoms with E-state index in [4.69, 9.17) is 0 Å². The van der Waals surface area contributed by atoms with Crippen LogP contribution in [-0.4, -0.2) is 9.97 Å². The van der Waals surface area contributed by atoms with Crippen molar-refractivity contribution in [3.63, 3.8) is 0 Å². The van der Waals surface area contributed by atoms with Crippen molar-refractivity contribution in [2.24, 2.45) is 0 Å². The third-order valence-corrected chi connectivity index (χ3v) is 4.62. The van der Waals surface area contributed by atoms with Crippen molar-refractivity contribution in [3.8, 4) is 0 Å². The van der Waals surface area contributed by atoms with Crippen LogP contribution in [0.2, 0.25) is 0 Å². The first-order valence-corrected chi connectivity index (χ1v) is 8.69. The number of aromatic nitrogens is 2. The maximum atomic E-state index is 13.1. The third kappa shape index (κ3) is 4.12. The van der Waals surface area contributed by atoms with Crippen molar-refractivity contribution in [2.45, 2.75) is 19.9 Å². The number of H-pyrrole nitrogens is 1. The first-order chi connectivity index (χ1) is 12.7. The van der Waals surface area contributed by atoms with Crippen molar-refractivity contribution < 1.29 is 4.39 Å². The predicted octanol–water partition coefficient (Wildman–Crippen LogP) is 5.64. The Morgan fingerprint density at radius 3 is 2.44 bits per heavy atom. The lowest BCUT2D eigenvalue weighted by atomic mass is 10.0. The maximum Gasteiger partial charge on any atom is 0.135 e. The van der Waals surface area contributed by atoms with E-state index in [1.165, 1.54) is 23.3 Å². The van der Waals surface area contributed by atoms with Crippen LogP contribution in [-0.2, 0) is 13.0 Å². The molecule has 0 amide bonds. The molecule has 0 aliphatic carbocycles. The molecule has 138 valence electrons. The van der Waals surface area contributed by atoms with Gasteiger partial charge >= 0.3 is 0 Å². The first-order valence-electron chi connectivity index (χ1n) is 8.69. The lowest BCUT2D eigenvalue weighted by molar-refractivity contribution is 0.627. The molecule has 0 aliphatic rings. The molecule has 2 aromatic carbocycles. The standard InChI is InChI=1S/C22H20FN3.ClH/c1-15-19(13-16-5-3-2-4-6-16)21-20(26-15)11-12-24-22(21)25-14-17-7-9-18(23)10-8-17;/h2-12,26H,13-14H2,1H3,(H,24,25);1H. The number of fused-ring (bicyclic) bond motifs is 1. The number of aromatic amines is 1. The topological polar surface area (TPSA) is 40.7 Å². The summed E-state index contributed by atoms with van der Waals surface area (Å²) in [6.07, 6.45) is 2.65. The van der Waals surface area contributed by atoms with Crippen molar-refractivity contribution in [1.29, 1.82) is 0 Å². The van der Waals surface area contributed by atoms with Crippen LogP contribution >= 0.6 is 12.4 Å². The molecule has 0 spiro atoms. The average molecular weight is 382 g/mol. The Morgan fingerprint density at radius 2 is 1.70 bits per heavy atom. The van der Waals surface area contributed by atoms with Gasteiger partial charge in [-0.25, -0.2) is 9.37 Å². The van der Waals surface area contributed by atoms with E-state index >= 15 is 0 Å². The smallest absolute Gasteiger partial charge is 0.135 e. The number of pyridine rings is 1. The van der Waals surface area contributed by atoms with Gasteiger partial charge < -0.3 is 10.3 Å². The van der Waals surface area contributed by atoms with Crippen molar-refractivity contribution in [1.82, 2.24) is 9.97 Å². The molecule has 2 N–H and O–H groups in total. The van der Waals surface area contributed by atoms with Crippen molar-refractivity contribution in [2.75, 3.05) is 5.32 Å². The summed E-state index contributed by atoms with van der Waals surface area (Å²) < 4.78 is 13.1. The minimum atomic E-state index is -0.222. The Morgan fingerprint density at radius 1 is 0.963 bits per heavy atom. The molecule has 0 bridgehead atoms. The van der Waals surface area contributed by atoms with Crippen LogP contribution < -0.4 is 5.32 Å². The predicted molar refractivity (Wildman–Crippen MR) is 111 cm³/mol. The van der Waals surface area contributed by atoms with Gasteiger partial charge in [0.25, 0.3) is 0 Å². The third-order valence-electron chi connectivity index (χ3n) is 4.62. The van der Waals surface area contributed by atoms with Gasteiger partial charge in [-0.1, -0.05) is 42.5 Å². The van der Waals surface area contributed by atoms with E-state index in [-0.39, 0.29) is 18.2 Å². The minimum Gasteiger partial charge on any atom is -0.365 e. The molecule has 0 radical (unpaired) electrons. The van der Waals surface area contributed by atoms with Gasteiger partial charge in [0.05, 0.1) is 5.52 Å². The van der Waals surface area contributed by atoms with Crippen LogP contribution in [0.3, 0.4) is 0 Å². The molecule has 0 fully saturated rings. The van der Waals surface area contributed by atoms with Gasteiger partial charge in [0.2, 0.25) is 0 Å². The van der Waals surface area contributed by atoms with Gasteiger partial charge in [-0.05, 0) is 48.2 Å². The molecule has 5 heteroatoms. The Bertz CT molecular complexity index is 1030. The molecule has 4 rings (SSSR count). The van der Waals surface area contributed by atoms with Crippen LogP contribution in [0.4, 0.5) is 10.2 Å². The van der Waals surface area contributed by atoms with Crippen LogP contribution in [0.15, 0.2) is 66.9 Å². The molecule has 0 saturated heterocycles. The molecule has 0 unspecified atom stereocenters. The number of aryl methyl sites for hydroxylation is 1. The summed E-state index contributed by atoms with van der Waals surface area (Å²) in [6.45, 7) is 2.70. The highest BCUT2D eigenvalue weighted by molar-refractivity contribution is 5.94. The van der Waals surface area contributed by atoms with Gasteiger partial charge in [0.15, 0.2) is 0 Å². The Kier molecular flexibility index (Phi) is 5.77. The number of anilines is 1. The zero-order valence-electron chi connectivity index (χ0n) is 15.0. The van der Waals surface area contributed by atoms with E-state index in [1.807, 2.05) is 12.1 Å². The number of nitrogens with one attached hydrogen (secondary N) is 2. The Balaban J connectivity index is 0.00000210. The van der Waals surface area contributed by atoms with Crippen molar-refractivity contribution in [3.05, 3.63) is 95.1 Å². The fourth-order valence-electron chi connectivity index (χ4n) is 3.28. The molecule has 0 atom stereocenters. The zero-order chi connectivity index (χ0) is 17.9. The summed E-state index contributed by atoms with van der Waals surface area (Å²) in [6, 6.07) is 19.0. The number of nitrogens with zero attached hydrogens (tertiary/aromatic N) is 1. The normalized spacial score (nSPS) is 10.6. The van der Waals surface area contributed by atoms with Crippen LogP contribution in [0.5, 0.6) is 0 Å². The van der Waals surface area contributed by atoms with Gasteiger partial charge in [0, 0.05) is 23.8 Å². The number of benzene rings is 2. The molecule has 4 aromatic rings. The highest BCUT2D eigenvalue weighted by Gasteiger charge is 2.14. The molecule has 27 heavy (non-hydrogen) atoms. The molecule has 2 heterocycles. The molecular formula is C22H21ClFN3. The van der Waals surface area contributed by atoms with E-state index in [2.05, 4.69) is 46.5 Å². The SMILES string of the molecule is Cc1[nH]c2ccnc(NCc3ccc(F)cc3)c2c1Cc1ccccc1.Cl. The van der Waals surface area contributed by atoms with Gasteiger partial charge in [0.1, 0.15) is 11.6 Å². The van der Waals surface area contributed by atoms with E-state index in [1.54, 1.807) is 18.3 Å². The monoisotopic (exact) mass is 381 g/mol. The van der Waals surface area contributed by atoms with E-state index in [0.717, 1.165) is 34.4 Å². The van der Waals surface area contributed by atoms with Gasteiger partial charge in [-0.15, -0.1) is 12.4 Å². The minimum absolute atomic E-state index is 0. The molecule has 0 saturated carbocycles. The lowest BCUT2D eigenvalue weighted by Gasteiger charge is -2.09. The summed E-state index contributed by atoms with van der Waals surface area (Å²) in [4.78, 5) is 8.01. The summed E-state index contributed by atoms with van der Waals surface area (Å²) in [5.74, 6) is 0.627. The molecular weight excluding hydrogens is 361 g/mol. The number of halogens is 2. The molecule has 0 aliphatic heterocycles. The highest BCUT2D eigenvalue weighted by Crippen LogP contribution is 2.30. The molecule has 2 aromatic heterocycles. The Hall–Kier alpha value is -2.85. The van der Waals surface area contributed by atoms with E-state index in [9.17, 15) is 4.39 Å². The zero-order valence-corrected chi connectivity index (χ0v) is 15.8. The highest BCUT2D eigenvalue weighted by atomic mass is 35.5. The van der Waals surface area contributed by atoms with Crippen LogP contribution in [0.25, 0.3) is 10.9 Å². The second-order valence-corrected chi connectivity index (χ2v) is 6.45. The van der Waals surface area contributed by atoms with Gasteiger partial charge in [-0.2, -0.15) is 0 Å². The van der Waals surface area contributed by atoms with E-state index < -0.39 is 0 Å². The summed E-state index contributed by atoms with van der Waals surface area (Å²) in [7, 11) is 0. The summed E-state index contributed by atoms with van der Waals surface area (Å²) in [5.41, 5.74) is 5.76. The quantitative estimate of drug-likeness (QED) is 0.470. The van der Waals surface area contributed by atoms with E-state index in [0.29, 0.717) is 6.54 Å². The summed E-state index contributed by atoms with van der Waals surface area (Å²) >= 11 is 0. The Labute approximate surface area is 164 Å². The second-order valence-electron chi connectivity index (χ2n) is 6.45. The van der Waals surface area contributed by atoms with Gasteiger partial charge in [-0.3, -0.25) is 0 Å². The largest absolute Gasteiger partial charge is 0.365 e. The number of hydrogen-bond acceptors (Lipinski definition) is 2. The second kappa shape index (κ2) is 8.23. The van der Waals surface area contributed by atoms with Crippen molar-refractivity contribution >= 4 is 29.1 Å².